The zero-order valence-corrected chi connectivity index (χ0v) is 22.5. The van der Waals surface area contributed by atoms with E-state index in [0.717, 1.165) is 6.42 Å². The molecule has 1 aliphatic carbocycles. The lowest BCUT2D eigenvalue weighted by Crippen LogP contribution is -2.61. The van der Waals surface area contributed by atoms with Gasteiger partial charge in [-0.25, -0.2) is 4.79 Å². The molecule has 0 bridgehead atoms. The summed E-state index contributed by atoms with van der Waals surface area (Å²) < 4.78 is 11.3. The maximum Gasteiger partial charge on any atom is 0.330 e. The van der Waals surface area contributed by atoms with Gasteiger partial charge >= 0.3 is 5.97 Å². The van der Waals surface area contributed by atoms with Crippen molar-refractivity contribution in [1.29, 1.82) is 0 Å². The molecule has 0 aromatic heterocycles. The summed E-state index contributed by atoms with van der Waals surface area (Å²) >= 11 is 0. The lowest BCUT2D eigenvalue weighted by atomic mass is 9.80. The smallest absolute Gasteiger partial charge is 0.330 e. The van der Waals surface area contributed by atoms with Crippen LogP contribution in [0.5, 0.6) is 0 Å². The molecule has 10 unspecified atom stereocenters. The van der Waals surface area contributed by atoms with E-state index in [1.165, 1.54) is 4.90 Å². The Kier molecular flexibility index (Phi) is 9.88. The van der Waals surface area contributed by atoms with E-state index in [0.29, 0.717) is 44.9 Å². The second-order valence-corrected chi connectivity index (χ2v) is 11.5. The molecule has 2 saturated heterocycles. The Bertz CT molecular complexity index is 852. The largest absolute Gasteiger partial charge is 0.438 e. The summed E-state index contributed by atoms with van der Waals surface area (Å²) in [6.07, 6.45) is 1.85. The normalized spacial score (nSPS) is 38.4. The minimum Gasteiger partial charge on any atom is -0.438 e. The van der Waals surface area contributed by atoms with Crippen LogP contribution in [0.25, 0.3) is 0 Å². The molecular weight excluding hydrogens is 480 g/mol. The maximum atomic E-state index is 13.3. The topological polar surface area (TPSA) is 146 Å². The molecule has 0 aromatic rings. The van der Waals surface area contributed by atoms with Gasteiger partial charge in [-0.1, -0.05) is 20.8 Å². The third-order valence-electron chi connectivity index (χ3n) is 8.61. The lowest BCUT2D eigenvalue weighted by molar-refractivity contribution is -0.270. The van der Waals surface area contributed by atoms with Crippen LogP contribution in [-0.4, -0.2) is 87.5 Å². The number of Topliss-reactive ketones (excluding diaryl/α,β-unsaturated/α-hetero) is 1. The van der Waals surface area contributed by atoms with Gasteiger partial charge < -0.3 is 29.7 Å². The number of likely N-dealkylation sites (tertiary alicyclic amines) is 1. The van der Waals surface area contributed by atoms with Crippen molar-refractivity contribution in [3.63, 3.8) is 0 Å². The van der Waals surface area contributed by atoms with Crippen LogP contribution in [0.1, 0.15) is 79.1 Å². The first kappa shape index (κ1) is 29.7. The molecule has 2 aliphatic heterocycles. The summed E-state index contributed by atoms with van der Waals surface area (Å²) in [7, 11) is 0. The molecule has 210 valence electrons. The molecule has 10 nitrogen and oxygen atoms in total. The minimum atomic E-state index is -2.23. The molecule has 0 aromatic carbocycles. The summed E-state index contributed by atoms with van der Waals surface area (Å²) in [6, 6.07) is -0.966. The number of ketones is 1. The zero-order chi connectivity index (χ0) is 27.5. The van der Waals surface area contributed by atoms with Crippen LogP contribution < -0.4 is 0 Å². The van der Waals surface area contributed by atoms with E-state index in [1.54, 1.807) is 13.8 Å². The average molecular weight is 525 g/mol. The monoisotopic (exact) mass is 524 g/mol. The molecule has 0 radical (unpaired) electrons. The number of amides is 1. The summed E-state index contributed by atoms with van der Waals surface area (Å²) in [5.74, 6) is -5.35. The van der Waals surface area contributed by atoms with Gasteiger partial charge in [0.25, 0.3) is 11.7 Å². The van der Waals surface area contributed by atoms with Crippen LogP contribution >= 0.6 is 0 Å². The Hall–Kier alpha value is -1.88. The van der Waals surface area contributed by atoms with Gasteiger partial charge in [-0.2, -0.15) is 0 Å². The van der Waals surface area contributed by atoms with Gasteiger partial charge in [0.05, 0.1) is 18.3 Å². The van der Waals surface area contributed by atoms with Crippen LogP contribution in [0.3, 0.4) is 0 Å². The number of hydrogen-bond acceptors (Lipinski definition) is 9. The van der Waals surface area contributed by atoms with E-state index < -0.39 is 59.9 Å². The number of carbonyl (C=O) groups excluding carboxylic acids is 3. The Morgan fingerprint density at radius 3 is 2.46 bits per heavy atom. The zero-order valence-electron chi connectivity index (χ0n) is 22.5. The molecule has 3 fully saturated rings. The van der Waals surface area contributed by atoms with Gasteiger partial charge in [0.15, 0.2) is 6.23 Å². The highest BCUT2D eigenvalue weighted by Crippen LogP contribution is 2.37. The van der Waals surface area contributed by atoms with Crippen molar-refractivity contribution in [2.75, 3.05) is 6.54 Å². The summed E-state index contributed by atoms with van der Waals surface area (Å²) in [4.78, 5) is 45.0. The third kappa shape index (κ3) is 6.58. The van der Waals surface area contributed by atoms with Gasteiger partial charge in [-0.05, 0) is 76.8 Å². The molecule has 0 spiro atoms. The molecule has 1 saturated carbocycles. The predicted octanol–water partition coefficient (Wildman–Crippen LogP) is 1.82. The van der Waals surface area contributed by atoms with Gasteiger partial charge in [-0.3, -0.25) is 14.6 Å². The second-order valence-electron chi connectivity index (χ2n) is 11.5. The Morgan fingerprint density at radius 1 is 1.11 bits per heavy atom. The number of rotatable bonds is 8. The number of aliphatic hydroxyl groups is 3. The number of aliphatic hydroxyl groups excluding tert-OH is 2. The van der Waals surface area contributed by atoms with E-state index in [9.17, 15) is 29.7 Å². The van der Waals surface area contributed by atoms with Gasteiger partial charge in [-0.15, -0.1) is 0 Å². The van der Waals surface area contributed by atoms with Crippen LogP contribution in [0, 0.1) is 23.7 Å². The highest BCUT2D eigenvalue weighted by atomic mass is 16.6. The lowest BCUT2D eigenvalue weighted by Gasteiger charge is -2.43. The Labute approximate surface area is 219 Å². The minimum absolute atomic E-state index is 0.128. The first-order valence-electron chi connectivity index (χ1n) is 13.7. The fraction of sp³-hybridized carbons (Fsp3) is 0.852. The molecule has 37 heavy (non-hydrogen) atoms. The Morgan fingerprint density at radius 2 is 1.81 bits per heavy atom. The van der Waals surface area contributed by atoms with Gasteiger partial charge in [0.2, 0.25) is 5.79 Å². The van der Waals surface area contributed by atoms with E-state index in [2.05, 4.69) is 11.7 Å². The molecular formula is C27H44N2O8. The molecule has 3 N–H and O–H groups in total. The number of piperidine rings is 1. The van der Waals surface area contributed by atoms with Crippen molar-refractivity contribution in [2.24, 2.45) is 28.7 Å². The maximum absolute atomic E-state index is 13.3. The highest BCUT2D eigenvalue weighted by Gasteiger charge is 2.53. The fourth-order valence-electron chi connectivity index (χ4n) is 6.01. The van der Waals surface area contributed by atoms with E-state index in [1.807, 2.05) is 13.8 Å². The van der Waals surface area contributed by atoms with Gasteiger partial charge in [0, 0.05) is 18.4 Å². The van der Waals surface area contributed by atoms with Crippen LogP contribution in [0.2, 0.25) is 0 Å². The number of nitrogens with zero attached hydrogens (tertiary/aromatic N) is 2. The van der Waals surface area contributed by atoms with Crippen molar-refractivity contribution in [3.8, 4) is 0 Å². The van der Waals surface area contributed by atoms with Crippen molar-refractivity contribution < 1.29 is 39.2 Å². The van der Waals surface area contributed by atoms with E-state index in [-0.39, 0.29) is 24.3 Å². The molecule has 1 amide bonds. The van der Waals surface area contributed by atoms with E-state index >= 15 is 0 Å². The standard InChI is InChI=1S/C27H44N2O8/c1-15-12-17(3)27(35,37-18(15)4)23(32)25(33)29-11-7-6-8-20(29)26(34)36-24(28-5)16(2)13-19-9-10-21(30)22(31)14-19/h15-22,24,30-31,35H,5-14H2,1-4H3. The number of ether oxygens (including phenoxy) is 2. The third-order valence-corrected chi connectivity index (χ3v) is 8.61. The van der Waals surface area contributed by atoms with E-state index in [4.69, 9.17) is 9.47 Å². The summed E-state index contributed by atoms with van der Waals surface area (Å²) in [6.45, 7) is 11.1. The molecule has 3 rings (SSSR count). The number of esters is 1. The number of aliphatic imine (C=N–C) groups is 1. The predicted molar refractivity (Wildman–Crippen MR) is 135 cm³/mol. The van der Waals surface area contributed by atoms with Crippen LogP contribution in [0.15, 0.2) is 4.99 Å². The van der Waals surface area contributed by atoms with Crippen LogP contribution in [0.4, 0.5) is 0 Å². The summed E-state index contributed by atoms with van der Waals surface area (Å²) in [5.41, 5.74) is 0. The van der Waals surface area contributed by atoms with Crippen LogP contribution in [-0.2, 0) is 23.9 Å². The fourth-order valence-corrected chi connectivity index (χ4v) is 6.01. The van der Waals surface area contributed by atoms with Crippen molar-refractivity contribution in [3.05, 3.63) is 0 Å². The Balaban J connectivity index is 1.66. The average Bonchev–Trinajstić information content (AvgIpc) is 2.87. The van der Waals surface area contributed by atoms with Crippen molar-refractivity contribution in [2.45, 2.75) is 115 Å². The first-order chi connectivity index (χ1) is 17.4. The summed E-state index contributed by atoms with van der Waals surface area (Å²) in [5, 5.41) is 30.8. The SMILES string of the molecule is C=NC(OC(=O)C1CCCCN1C(=O)C(=O)C1(O)OC(C)C(C)CC1C)C(C)CC1CCC(O)C(O)C1. The number of hydrogen-bond donors (Lipinski definition) is 3. The number of carbonyl (C=O) groups is 3. The molecule has 3 aliphatic rings. The first-order valence-corrected chi connectivity index (χ1v) is 13.7. The molecule has 2 heterocycles. The quantitative estimate of drug-likeness (QED) is 0.248. The molecule has 10 heteroatoms. The second kappa shape index (κ2) is 12.3. The van der Waals surface area contributed by atoms with Crippen molar-refractivity contribution in [1.82, 2.24) is 4.90 Å². The molecule has 10 atom stereocenters. The highest BCUT2D eigenvalue weighted by molar-refractivity contribution is 6.39. The van der Waals surface area contributed by atoms with Crippen molar-refractivity contribution >= 4 is 24.4 Å². The van der Waals surface area contributed by atoms with Gasteiger partial charge in [0.1, 0.15) is 6.04 Å².